The minimum Gasteiger partial charge on any atom is -0.324 e. The normalized spacial score (nSPS) is 22.9. The third kappa shape index (κ3) is 3.44. The molecule has 1 N–H and O–H groups in total. The van der Waals surface area contributed by atoms with E-state index in [4.69, 9.17) is 11.6 Å². The van der Waals surface area contributed by atoms with Crippen LogP contribution in [0.5, 0.6) is 0 Å². The zero-order valence-corrected chi connectivity index (χ0v) is 15.5. The van der Waals surface area contributed by atoms with Gasteiger partial charge in [0, 0.05) is 22.3 Å². The lowest BCUT2D eigenvalue weighted by atomic mass is 9.85. The van der Waals surface area contributed by atoms with Crippen LogP contribution in [0, 0.1) is 28.9 Å². The number of nitro groups is 1. The van der Waals surface area contributed by atoms with Crippen LogP contribution in [0.15, 0.2) is 29.3 Å². The van der Waals surface area contributed by atoms with Crippen LogP contribution in [0.2, 0.25) is 0 Å². The summed E-state index contributed by atoms with van der Waals surface area (Å²) in [6.07, 6.45) is 2.41. The SMILES string of the molecule is Cc1ccc(NC(=O)[C@H](C)N2C(=O)[C@H]3CC=C(Cl)C[C@@H]3C2=O)cc1[N+](=O)[O-]. The molecule has 0 radical (unpaired) electrons. The maximum Gasteiger partial charge on any atom is 0.274 e. The number of carbonyl (C=O) groups is 3. The highest BCUT2D eigenvalue weighted by molar-refractivity contribution is 6.30. The number of nitrogens with one attached hydrogen (secondary N) is 1. The van der Waals surface area contributed by atoms with Gasteiger partial charge in [-0.2, -0.15) is 0 Å². The highest BCUT2D eigenvalue weighted by atomic mass is 35.5. The van der Waals surface area contributed by atoms with E-state index in [1.807, 2.05) is 0 Å². The molecule has 1 aromatic rings. The van der Waals surface area contributed by atoms with Crippen molar-refractivity contribution in [2.75, 3.05) is 5.32 Å². The molecule has 3 amide bonds. The maximum atomic E-state index is 12.6. The first-order valence-electron chi connectivity index (χ1n) is 8.48. The first kappa shape index (κ1) is 19.0. The Morgan fingerprint density at radius 3 is 2.67 bits per heavy atom. The number of hydrogen-bond acceptors (Lipinski definition) is 5. The summed E-state index contributed by atoms with van der Waals surface area (Å²) in [4.78, 5) is 49.3. The second-order valence-corrected chi connectivity index (χ2v) is 7.26. The summed E-state index contributed by atoms with van der Waals surface area (Å²) >= 11 is 5.99. The standard InChI is InChI=1S/C18H18ClN3O5/c1-9-3-5-12(8-15(9)22(26)27)20-16(23)10(2)21-17(24)13-6-4-11(19)7-14(13)18(21)25/h3-5,8,10,13-14H,6-7H2,1-2H3,(H,20,23)/t10-,13-,14-/m0/s1. The third-order valence-corrected chi connectivity index (χ3v) is 5.35. The number of hydrogen-bond donors (Lipinski definition) is 1. The Morgan fingerprint density at radius 1 is 1.33 bits per heavy atom. The van der Waals surface area contributed by atoms with Gasteiger partial charge in [-0.1, -0.05) is 23.7 Å². The molecule has 1 aromatic carbocycles. The van der Waals surface area contributed by atoms with E-state index in [0.717, 1.165) is 4.90 Å². The molecule has 0 bridgehead atoms. The minimum absolute atomic E-state index is 0.125. The summed E-state index contributed by atoms with van der Waals surface area (Å²) < 4.78 is 0. The van der Waals surface area contributed by atoms with Crippen LogP contribution in [-0.2, 0) is 14.4 Å². The molecule has 1 aliphatic carbocycles. The number of rotatable bonds is 4. The average Bonchev–Trinajstić information content (AvgIpc) is 2.86. The van der Waals surface area contributed by atoms with Gasteiger partial charge in [-0.05, 0) is 32.8 Å². The summed E-state index contributed by atoms with van der Waals surface area (Å²) in [5.41, 5.74) is 0.565. The fourth-order valence-corrected chi connectivity index (χ4v) is 3.74. The van der Waals surface area contributed by atoms with Gasteiger partial charge >= 0.3 is 0 Å². The zero-order chi connectivity index (χ0) is 19.9. The monoisotopic (exact) mass is 391 g/mol. The molecule has 1 saturated heterocycles. The van der Waals surface area contributed by atoms with Crippen LogP contribution < -0.4 is 5.32 Å². The van der Waals surface area contributed by atoms with Gasteiger partial charge in [0.05, 0.1) is 16.8 Å². The number of benzene rings is 1. The Kier molecular flexibility index (Phi) is 5.01. The maximum absolute atomic E-state index is 12.6. The molecule has 27 heavy (non-hydrogen) atoms. The smallest absolute Gasteiger partial charge is 0.274 e. The van der Waals surface area contributed by atoms with Gasteiger partial charge in [0.25, 0.3) is 5.69 Å². The number of nitrogens with zero attached hydrogens (tertiary/aromatic N) is 2. The molecule has 142 valence electrons. The van der Waals surface area contributed by atoms with Crippen molar-refractivity contribution in [1.82, 2.24) is 4.90 Å². The fraction of sp³-hybridized carbons (Fsp3) is 0.389. The predicted molar refractivity (Wildman–Crippen MR) is 97.9 cm³/mol. The molecule has 2 aliphatic rings. The predicted octanol–water partition coefficient (Wildman–Crippen LogP) is 2.75. The molecule has 1 heterocycles. The molecule has 1 fully saturated rings. The number of aryl methyl sites for hydroxylation is 1. The molecule has 0 saturated carbocycles. The summed E-state index contributed by atoms with van der Waals surface area (Å²) in [5.74, 6) is -2.41. The van der Waals surface area contributed by atoms with Gasteiger partial charge in [-0.3, -0.25) is 29.4 Å². The molecular weight excluding hydrogens is 374 g/mol. The first-order chi connectivity index (χ1) is 12.7. The van der Waals surface area contributed by atoms with E-state index < -0.39 is 34.6 Å². The lowest BCUT2D eigenvalue weighted by Gasteiger charge is -2.22. The number of carbonyl (C=O) groups excluding carboxylic acids is 3. The quantitative estimate of drug-likeness (QED) is 0.482. The van der Waals surface area contributed by atoms with Gasteiger partial charge in [0.1, 0.15) is 6.04 Å². The molecule has 3 rings (SSSR count). The van der Waals surface area contributed by atoms with Gasteiger partial charge < -0.3 is 5.32 Å². The number of allylic oxidation sites excluding steroid dienone is 2. The molecule has 1 aliphatic heterocycles. The van der Waals surface area contributed by atoms with Crippen LogP contribution in [-0.4, -0.2) is 33.6 Å². The van der Waals surface area contributed by atoms with Crippen molar-refractivity contribution in [2.24, 2.45) is 11.8 Å². The van der Waals surface area contributed by atoms with Gasteiger partial charge in [0.15, 0.2) is 0 Å². The number of anilines is 1. The lowest BCUT2D eigenvalue weighted by Crippen LogP contribution is -2.46. The van der Waals surface area contributed by atoms with Crippen molar-refractivity contribution in [3.63, 3.8) is 0 Å². The Labute approximate surface area is 160 Å². The topological polar surface area (TPSA) is 110 Å². The Hall–Kier alpha value is -2.74. The highest BCUT2D eigenvalue weighted by Gasteiger charge is 2.51. The van der Waals surface area contributed by atoms with E-state index >= 15 is 0 Å². The van der Waals surface area contributed by atoms with E-state index in [2.05, 4.69) is 5.32 Å². The van der Waals surface area contributed by atoms with Crippen molar-refractivity contribution >= 4 is 40.7 Å². The van der Waals surface area contributed by atoms with Crippen molar-refractivity contribution < 1.29 is 19.3 Å². The van der Waals surface area contributed by atoms with Crippen molar-refractivity contribution in [3.05, 3.63) is 45.0 Å². The van der Waals surface area contributed by atoms with Crippen LogP contribution in [0.25, 0.3) is 0 Å². The Bertz CT molecular complexity index is 882. The van der Waals surface area contributed by atoms with E-state index in [0.29, 0.717) is 23.4 Å². The van der Waals surface area contributed by atoms with Gasteiger partial charge in [0.2, 0.25) is 17.7 Å². The fourth-order valence-electron chi connectivity index (χ4n) is 3.48. The minimum atomic E-state index is -1.03. The third-order valence-electron chi connectivity index (χ3n) is 5.04. The summed E-state index contributed by atoms with van der Waals surface area (Å²) in [7, 11) is 0. The molecule has 3 atom stereocenters. The molecule has 0 spiro atoms. The largest absolute Gasteiger partial charge is 0.324 e. The van der Waals surface area contributed by atoms with E-state index in [1.54, 1.807) is 13.0 Å². The van der Waals surface area contributed by atoms with Crippen LogP contribution >= 0.6 is 11.6 Å². The molecule has 9 heteroatoms. The second-order valence-electron chi connectivity index (χ2n) is 6.77. The number of imide groups is 1. The van der Waals surface area contributed by atoms with Crippen molar-refractivity contribution in [3.8, 4) is 0 Å². The molecule has 0 aromatic heterocycles. The summed E-state index contributed by atoms with van der Waals surface area (Å²) in [6.45, 7) is 3.05. The Balaban J connectivity index is 1.76. The number of halogens is 1. The molecule has 8 nitrogen and oxygen atoms in total. The zero-order valence-electron chi connectivity index (χ0n) is 14.8. The summed E-state index contributed by atoms with van der Waals surface area (Å²) in [5, 5.41) is 14.1. The molecular formula is C18H18ClN3O5. The van der Waals surface area contributed by atoms with Crippen LogP contribution in [0.1, 0.15) is 25.3 Å². The number of likely N-dealkylation sites (tertiary alicyclic amines) is 1. The highest BCUT2D eigenvalue weighted by Crippen LogP contribution is 2.39. The second kappa shape index (κ2) is 7.11. The van der Waals surface area contributed by atoms with Crippen molar-refractivity contribution in [2.45, 2.75) is 32.7 Å². The molecule has 0 unspecified atom stereocenters. The van der Waals surface area contributed by atoms with E-state index in [9.17, 15) is 24.5 Å². The van der Waals surface area contributed by atoms with Crippen molar-refractivity contribution in [1.29, 1.82) is 0 Å². The summed E-state index contributed by atoms with van der Waals surface area (Å²) in [6, 6.07) is 3.27. The van der Waals surface area contributed by atoms with Gasteiger partial charge in [-0.25, -0.2) is 0 Å². The Morgan fingerprint density at radius 2 is 2.00 bits per heavy atom. The number of fused-ring (bicyclic) bond motifs is 1. The van der Waals surface area contributed by atoms with Crippen LogP contribution in [0.3, 0.4) is 0 Å². The van der Waals surface area contributed by atoms with E-state index in [-0.39, 0.29) is 17.3 Å². The van der Waals surface area contributed by atoms with E-state index in [1.165, 1.54) is 25.1 Å². The van der Waals surface area contributed by atoms with Gasteiger partial charge in [-0.15, -0.1) is 0 Å². The average molecular weight is 392 g/mol. The first-order valence-corrected chi connectivity index (χ1v) is 8.86. The number of amides is 3. The number of nitro benzene ring substituents is 1. The lowest BCUT2D eigenvalue weighted by molar-refractivity contribution is -0.385. The van der Waals surface area contributed by atoms with Crippen LogP contribution in [0.4, 0.5) is 11.4 Å².